The average molecular weight is 458 g/mol. The highest BCUT2D eigenvalue weighted by Gasteiger charge is 2.09. The molecule has 0 radical (unpaired) electrons. The van der Waals surface area contributed by atoms with E-state index >= 15 is 0 Å². The van der Waals surface area contributed by atoms with Gasteiger partial charge in [-0.3, -0.25) is 4.79 Å². The van der Waals surface area contributed by atoms with Crippen molar-refractivity contribution in [3.63, 3.8) is 0 Å². The van der Waals surface area contributed by atoms with E-state index in [-0.39, 0.29) is 6.67 Å². The van der Waals surface area contributed by atoms with Crippen LogP contribution in [0.3, 0.4) is 0 Å². The molecule has 0 saturated heterocycles. The van der Waals surface area contributed by atoms with Gasteiger partial charge in [0.25, 0.3) is 0 Å². The van der Waals surface area contributed by atoms with Gasteiger partial charge in [0.1, 0.15) is 13.0 Å². The van der Waals surface area contributed by atoms with Crippen LogP contribution in [0, 0.1) is 0 Å². The molecule has 6 nitrogen and oxygen atoms in total. The summed E-state index contributed by atoms with van der Waals surface area (Å²) in [7, 11) is 3.78. The van der Waals surface area contributed by atoms with Crippen LogP contribution in [0.2, 0.25) is 0 Å². The number of alkyl halides is 1. The Morgan fingerprint density at radius 1 is 1.06 bits per heavy atom. The number of allylic oxidation sites excluding steroid dienone is 1. The van der Waals surface area contributed by atoms with Crippen molar-refractivity contribution in [1.82, 2.24) is 9.97 Å². The lowest BCUT2D eigenvalue weighted by Crippen LogP contribution is -2.19. The van der Waals surface area contributed by atoms with Crippen LogP contribution in [0.1, 0.15) is 0 Å². The third kappa shape index (κ3) is 6.16. The maximum absolute atomic E-state index is 12.5. The van der Waals surface area contributed by atoms with Crippen LogP contribution in [0.25, 0.3) is 22.0 Å². The van der Waals surface area contributed by atoms with Gasteiger partial charge in [-0.05, 0) is 48.0 Å². The maximum Gasteiger partial charge on any atom is 0.227 e. The van der Waals surface area contributed by atoms with E-state index < -0.39 is 0 Å². The molecule has 0 fully saturated rings. The van der Waals surface area contributed by atoms with Crippen molar-refractivity contribution in [3.8, 4) is 11.1 Å². The van der Waals surface area contributed by atoms with Crippen molar-refractivity contribution in [2.24, 2.45) is 0 Å². The fraction of sp³-hybridized carbons (Fsp3) is 0.148. The molecule has 0 aliphatic heterocycles. The van der Waals surface area contributed by atoms with Gasteiger partial charge in [-0.1, -0.05) is 36.9 Å². The fourth-order valence-electron chi connectivity index (χ4n) is 3.38. The third-order valence-electron chi connectivity index (χ3n) is 5.15. The van der Waals surface area contributed by atoms with Gasteiger partial charge in [-0.2, -0.15) is 0 Å². The fourth-order valence-corrected chi connectivity index (χ4v) is 3.38. The summed E-state index contributed by atoms with van der Waals surface area (Å²) >= 11 is 0. The molecule has 4 rings (SSSR count). The first kappa shape index (κ1) is 24.4. The second kappa shape index (κ2) is 12.1. The molecule has 3 aromatic carbocycles. The van der Waals surface area contributed by atoms with Gasteiger partial charge < -0.3 is 15.5 Å². The molecule has 4 aromatic rings. The van der Waals surface area contributed by atoms with Crippen LogP contribution in [-0.2, 0) is 4.79 Å². The second-order valence-corrected chi connectivity index (χ2v) is 7.42. The number of rotatable bonds is 8. The van der Waals surface area contributed by atoms with Gasteiger partial charge in [0, 0.05) is 54.8 Å². The van der Waals surface area contributed by atoms with E-state index in [4.69, 9.17) is 9.78 Å². The van der Waals surface area contributed by atoms with Gasteiger partial charge in [0.2, 0.25) is 5.95 Å². The highest BCUT2D eigenvalue weighted by Crippen LogP contribution is 2.30. The van der Waals surface area contributed by atoms with E-state index in [9.17, 15) is 4.39 Å². The highest BCUT2D eigenvalue weighted by molar-refractivity contribution is 5.94. The Morgan fingerprint density at radius 3 is 2.47 bits per heavy atom. The topological polar surface area (TPSA) is 70.2 Å². The summed E-state index contributed by atoms with van der Waals surface area (Å²) in [5.74, 6) is 0.532. The summed E-state index contributed by atoms with van der Waals surface area (Å²) < 4.78 is 12.5. The lowest BCUT2D eigenvalue weighted by Gasteiger charge is -2.17. The number of carbonyl (C=O) groups excluding carboxylic acids is 1. The summed E-state index contributed by atoms with van der Waals surface area (Å²) in [6.07, 6.45) is 3.67. The minimum absolute atomic E-state index is 0.373. The minimum Gasteiger partial charge on any atom is -0.388 e. The van der Waals surface area contributed by atoms with E-state index in [0.29, 0.717) is 18.8 Å². The minimum atomic E-state index is -0.374. The number of anilines is 4. The highest BCUT2D eigenvalue weighted by atomic mass is 19.1. The standard InChI is InChI=1S/C24H24FN5.C3H4O/c1-26-20-7-3-5-17(15-20)22-8-4-6-18-16-27-24(29-23(18)22)28-19-9-11-21(12-10-19)30(2)14-13-25;1-2-3-4/h3-12,15-16,26H,13-14H2,1-2H3,(H,27,28,29);2-3H,1H2. The Balaban J connectivity index is 0.000000751. The van der Waals surface area contributed by atoms with Gasteiger partial charge in [-0.15, -0.1) is 0 Å². The smallest absolute Gasteiger partial charge is 0.227 e. The van der Waals surface area contributed by atoms with E-state index in [1.165, 1.54) is 6.08 Å². The Bertz CT molecular complexity index is 1240. The van der Waals surface area contributed by atoms with E-state index in [1.54, 1.807) is 0 Å². The number of aldehydes is 1. The number of hydrogen-bond donors (Lipinski definition) is 2. The van der Waals surface area contributed by atoms with Crippen molar-refractivity contribution in [3.05, 3.63) is 85.6 Å². The SMILES string of the molecule is C=CC=O.CNc1cccc(-c2cccc3cnc(Nc4ccc(N(C)CCF)cc4)nc23)c1. The molecule has 0 saturated carbocycles. The molecule has 1 heterocycles. The monoisotopic (exact) mass is 457 g/mol. The largest absolute Gasteiger partial charge is 0.388 e. The number of halogens is 1. The predicted molar refractivity (Wildman–Crippen MR) is 140 cm³/mol. The molecule has 0 unspecified atom stereocenters. The van der Waals surface area contributed by atoms with Crippen molar-refractivity contribution < 1.29 is 9.18 Å². The van der Waals surface area contributed by atoms with E-state index in [2.05, 4.69) is 40.4 Å². The number of para-hydroxylation sites is 1. The Labute approximate surface area is 199 Å². The van der Waals surface area contributed by atoms with Crippen molar-refractivity contribution in [2.75, 3.05) is 42.8 Å². The molecule has 0 spiro atoms. The maximum atomic E-state index is 12.5. The molecule has 34 heavy (non-hydrogen) atoms. The molecule has 2 N–H and O–H groups in total. The molecule has 0 aliphatic carbocycles. The predicted octanol–water partition coefficient (Wildman–Crippen LogP) is 5.86. The van der Waals surface area contributed by atoms with Crippen molar-refractivity contribution in [2.45, 2.75) is 0 Å². The third-order valence-corrected chi connectivity index (χ3v) is 5.15. The van der Waals surface area contributed by atoms with Crippen LogP contribution >= 0.6 is 0 Å². The molecule has 174 valence electrons. The lowest BCUT2D eigenvalue weighted by atomic mass is 10.0. The average Bonchev–Trinajstić information content (AvgIpc) is 2.89. The zero-order valence-electron chi connectivity index (χ0n) is 19.3. The first-order valence-electron chi connectivity index (χ1n) is 10.8. The Hall–Kier alpha value is -4.26. The molecule has 7 heteroatoms. The molecular formula is C27H28FN5O. The Morgan fingerprint density at radius 2 is 1.79 bits per heavy atom. The van der Waals surface area contributed by atoms with Gasteiger partial charge >= 0.3 is 0 Å². The Kier molecular flexibility index (Phi) is 8.68. The molecular weight excluding hydrogens is 429 g/mol. The first-order valence-corrected chi connectivity index (χ1v) is 10.8. The number of aromatic nitrogens is 2. The van der Waals surface area contributed by atoms with Gasteiger partial charge in [0.15, 0.2) is 0 Å². The molecule has 0 aliphatic rings. The van der Waals surface area contributed by atoms with Crippen LogP contribution in [0.4, 0.5) is 27.4 Å². The van der Waals surface area contributed by atoms with Gasteiger partial charge in [0.05, 0.1) is 5.52 Å². The van der Waals surface area contributed by atoms with E-state index in [0.717, 1.165) is 39.1 Å². The van der Waals surface area contributed by atoms with Gasteiger partial charge in [-0.25, -0.2) is 14.4 Å². The number of carbonyl (C=O) groups is 1. The zero-order valence-corrected chi connectivity index (χ0v) is 19.3. The molecule has 0 atom stereocenters. The molecule has 0 amide bonds. The van der Waals surface area contributed by atoms with Crippen molar-refractivity contribution in [1.29, 1.82) is 0 Å². The summed E-state index contributed by atoms with van der Waals surface area (Å²) in [5.41, 5.74) is 5.93. The molecule has 0 bridgehead atoms. The zero-order chi connectivity index (χ0) is 24.3. The first-order chi connectivity index (χ1) is 16.6. The number of nitrogens with one attached hydrogen (secondary N) is 2. The quantitative estimate of drug-likeness (QED) is 0.255. The van der Waals surface area contributed by atoms with Crippen LogP contribution in [0.15, 0.2) is 85.6 Å². The summed E-state index contributed by atoms with van der Waals surface area (Å²) in [5, 5.41) is 7.43. The lowest BCUT2D eigenvalue weighted by molar-refractivity contribution is -0.104. The van der Waals surface area contributed by atoms with Crippen LogP contribution in [-0.4, -0.2) is 43.6 Å². The molecule has 1 aromatic heterocycles. The summed E-state index contributed by atoms with van der Waals surface area (Å²) in [6.45, 7) is 3.11. The van der Waals surface area contributed by atoms with E-state index in [1.807, 2.05) is 73.7 Å². The second-order valence-electron chi connectivity index (χ2n) is 7.42. The van der Waals surface area contributed by atoms with Crippen LogP contribution < -0.4 is 15.5 Å². The number of benzene rings is 3. The normalized spacial score (nSPS) is 10.1. The van der Waals surface area contributed by atoms with Crippen LogP contribution in [0.5, 0.6) is 0 Å². The number of nitrogens with zero attached hydrogens (tertiary/aromatic N) is 3. The number of hydrogen-bond acceptors (Lipinski definition) is 6. The summed E-state index contributed by atoms with van der Waals surface area (Å²) in [6, 6.07) is 22.2. The number of fused-ring (bicyclic) bond motifs is 1. The summed E-state index contributed by atoms with van der Waals surface area (Å²) in [4.78, 5) is 20.2. The van der Waals surface area contributed by atoms with Crippen molar-refractivity contribution >= 4 is 40.2 Å².